The van der Waals surface area contributed by atoms with E-state index in [1.165, 1.54) is 36.4 Å². The summed E-state index contributed by atoms with van der Waals surface area (Å²) < 4.78 is 48.6. The van der Waals surface area contributed by atoms with Crippen LogP contribution >= 0.6 is 0 Å². The van der Waals surface area contributed by atoms with Crippen LogP contribution in [0.15, 0.2) is 83.9 Å². The summed E-state index contributed by atoms with van der Waals surface area (Å²) in [5.41, 5.74) is 7.77. The van der Waals surface area contributed by atoms with Gasteiger partial charge in [-0.1, -0.05) is 50.2 Å². The van der Waals surface area contributed by atoms with E-state index in [9.17, 15) is 17.6 Å². The first-order chi connectivity index (χ1) is 20.5. The van der Waals surface area contributed by atoms with Crippen LogP contribution in [0.5, 0.6) is 5.75 Å². The van der Waals surface area contributed by atoms with E-state index in [1.807, 2.05) is 43.9 Å². The molecule has 0 saturated carbocycles. The average molecular weight is 608 g/mol. The summed E-state index contributed by atoms with van der Waals surface area (Å²) in [7, 11) is -4.33. The van der Waals surface area contributed by atoms with E-state index >= 15 is 0 Å². The van der Waals surface area contributed by atoms with Gasteiger partial charge in [0.2, 0.25) is 0 Å². The monoisotopic (exact) mass is 607 g/mol. The third-order valence-corrected chi connectivity index (χ3v) is 8.60. The number of pyridine rings is 2. The van der Waals surface area contributed by atoms with Crippen LogP contribution in [0.1, 0.15) is 51.9 Å². The van der Waals surface area contributed by atoms with Crippen molar-refractivity contribution in [1.29, 1.82) is 0 Å². The molecular weight excluding hydrogens is 569 g/mol. The predicted molar refractivity (Wildman–Crippen MR) is 168 cm³/mol. The van der Waals surface area contributed by atoms with Gasteiger partial charge in [0, 0.05) is 33.0 Å². The van der Waals surface area contributed by atoms with Crippen molar-refractivity contribution >= 4 is 27.6 Å². The van der Waals surface area contributed by atoms with Gasteiger partial charge in [0.25, 0.3) is 15.9 Å². The number of nitrogens with one attached hydrogen (secondary N) is 1. The molecule has 4 aromatic rings. The Morgan fingerprint density at radius 3 is 2.58 bits per heavy atom. The minimum Gasteiger partial charge on any atom is -0.493 e. The van der Waals surface area contributed by atoms with Crippen LogP contribution in [0.4, 0.5) is 16.0 Å². The average Bonchev–Trinajstić information content (AvgIpc) is 3.36. The fraction of sp³-hybridized carbons (Fsp3) is 0.281. The standard InChI is InChI=1S/C32H34FN5O4S.2H2/c1-20(2)19-42-25-17-23(16-24(33)18-25)28-13-12-27(32(39)37-43(40,41)30-11-7-10-29(34)36-30)31(35-28)38-15-14-26(21(38)3)22-8-5-4-6-9-22;;/h4-13,16-18,20-21,26H,14-15,19H2,1-3H3,(H2,34,36)(H,37,39);2*1H. The summed E-state index contributed by atoms with van der Waals surface area (Å²) in [6.45, 7) is 7.05. The maximum atomic E-state index is 14.7. The van der Waals surface area contributed by atoms with Crippen molar-refractivity contribution in [1.82, 2.24) is 14.7 Å². The molecule has 43 heavy (non-hydrogen) atoms. The summed E-state index contributed by atoms with van der Waals surface area (Å²) in [6, 6.07) is 21.6. The number of hydrogen-bond acceptors (Lipinski definition) is 8. The third-order valence-electron chi connectivity index (χ3n) is 7.37. The molecule has 1 aliphatic heterocycles. The molecule has 11 heteroatoms. The van der Waals surface area contributed by atoms with Gasteiger partial charge in [-0.2, -0.15) is 8.42 Å². The SMILES string of the molecule is CC(C)COc1cc(F)cc(-c2ccc(C(=O)NS(=O)(=O)c3cccc(N)n3)c(N3CCC(c4ccccc4)C3C)n2)c1.[HH].[HH]. The molecule has 3 N–H and O–H groups in total. The zero-order valence-corrected chi connectivity index (χ0v) is 25.0. The van der Waals surface area contributed by atoms with Gasteiger partial charge in [-0.3, -0.25) is 4.79 Å². The molecule has 2 aromatic heterocycles. The maximum absolute atomic E-state index is 14.7. The van der Waals surface area contributed by atoms with Gasteiger partial charge >= 0.3 is 0 Å². The molecule has 1 amide bonds. The number of nitrogens with zero attached hydrogens (tertiary/aromatic N) is 3. The van der Waals surface area contributed by atoms with Crippen molar-refractivity contribution in [2.24, 2.45) is 5.92 Å². The van der Waals surface area contributed by atoms with Crippen molar-refractivity contribution in [2.45, 2.75) is 44.2 Å². The molecule has 0 aliphatic carbocycles. The number of hydrogen-bond donors (Lipinski definition) is 2. The van der Waals surface area contributed by atoms with Gasteiger partial charge in [-0.25, -0.2) is 19.1 Å². The Bertz CT molecular complexity index is 1750. The molecule has 3 heterocycles. The lowest BCUT2D eigenvalue weighted by molar-refractivity contribution is 0.0981. The Kier molecular flexibility index (Phi) is 8.63. The lowest BCUT2D eigenvalue weighted by Crippen LogP contribution is -2.35. The van der Waals surface area contributed by atoms with E-state index in [-0.39, 0.29) is 37.1 Å². The first-order valence-electron chi connectivity index (χ1n) is 14.1. The molecule has 1 saturated heterocycles. The number of ether oxygens (including phenoxy) is 1. The fourth-order valence-electron chi connectivity index (χ4n) is 5.26. The molecule has 1 aliphatic rings. The highest BCUT2D eigenvalue weighted by Gasteiger charge is 2.35. The van der Waals surface area contributed by atoms with E-state index in [0.29, 0.717) is 36.0 Å². The number of halogens is 1. The van der Waals surface area contributed by atoms with E-state index < -0.39 is 21.7 Å². The Morgan fingerprint density at radius 1 is 1.09 bits per heavy atom. The van der Waals surface area contributed by atoms with Crippen LogP contribution in [-0.4, -0.2) is 43.5 Å². The Labute approximate surface area is 254 Å². The van der Waals surface area contributed by atoms with Crippen LogP contribution in [0, 0.1) is 11.7 Å². The smallest absolute Gasteiger partial charge is 0.281 e. The number of aromatic nitrogens is 2. The molecule has 1 fully saturated rings. The highest BCUT2D eigenvalue weighted by molar-refractivity contribution is 7.90. The zero-order valence-electron chi connectivity index (χ0n) is 24.2. The predicted octanol–water partition coefficient (Wildman–Crippen LogP) is 5.89. The Balaban J connectivity index is 0.00000276. The summed E-state index contributed by atoms with van der Waals surface area (Å²) in [5, 5.41) is -0.376. The molecule has 9 nitrogen and oxygen atoms in total. The van der Waals surface area contributed by atoms with Crippen LogP contribution in [0.3, 0.4) is 0 Å². The maximum Gasteiger partial charge on any atom is 0.281 e. The van der Waals surface area contributed by atoms with Crippen LogP contribution < -0.4 is 20.1 Å². The second-order valence-corrected chi connectivity index (χ2v) is 12.7. The quantitative estimate of drug-likeness (QED) is 0.241. The zero-order chi connectivity index (χ0) is 30.7. The first-order valence-corrected chi connectivity index (χ1v) is 15.6. The summed E-state index contributed by atoms with van der Waals surface area (Å²) in [5.74, 6) is -0.268. The number of rotatable bonds is 9. The minimum absolute atomic E-state index is 0. The molecule has 0 radical (unpaired) electrons. The van der Waals surface area contributed by atoms with Gasteiger partial charge in [0.1, 0.15) is 23.2 Å². The van der Waals surface area contributed by atoms with Crippen molar-refractivity contribution in [3.63, 3.8) is 0 Å². The fourth-order valence-corrected chi connectivity index (χ4v) is 6.20. The van der Waals surface area contributed by atoms with E-state index in [0.717, 1.165) is 12.0 Å². The molecule has 228 valence electrons. The van der Waals surface area contributed by atoms with Crippen LogP contribution in [0.25, 0.3) is 11.3 Å². The number of carbonyl (C=O) groups excluding carboxylic acids is 1. The van der Waals surface area contributed by atoms with E-state index in [1.54, 1.807) is 12.1 Å². The lowest BCUT2D eigenvalue weighted by Gasteiger charge is -2.28. The second kappa shape index (κ2) is 12.4. The molecule has 5 rings (SSSR count). The third kappa shape index (κ3) is 6.77. The van der Waals surface area contributed by atoms with Crippen LogP contribution in [0.2, 0.25) is 0 Å². The second-order valence-electron chi connectivity index (χ2n) is 11.0. The van der Waals surface area contributed by atoms with Crippen molar-refractivity contribution in [3.8, 4) is 17.0 Å². The van der Waals surface area contributed by atoms with E-state index in [2.05, 4.69) is 21.8 Å². The summed E-state index contributed by atoms with van der Waals surface area (Å²) in [4.78, 5) is 24.2. The number of carbonyl (C=O) groups is 1. The van der Waals surface area contributed by atoms with Gasteiger partial charge < -0.3 is 15.4 Å². The molecule has 2 aromatic carbocycles. The molecule has 2 atom stereocenters. The normalized spacial score (nSPS) is 16.8. The number of benzene rings is 2. The van der Waals surface area contributed by atoms with Gasteiger partial charge in [-0.15, -0.1) is 0 Å². The minimum atomic E-state index is -4.33. The highest BCUT2D eigenvalue weighted by Crippen LogP contribution is 2.38. The molecular formula is C32H38FN5O4S. The highest BCUT2D eigenvalue weighted by atomic mass is 32.2. The number of amides is 1. The van der Waals surface area contributed by atoms with Crippen molar-refractivity contribution in [3.05, 3.63) is 95.8 Å². The molecule has 0 bridgehead atoms. The van der Waals surface area contributed by atoms with Gasteiger partial charge in [0.05, 0.1) is 17.9 Å². The lowest BCUT2D eigenvalue weighted by atomic mass is 9.93. The first kappa shape index (κ1) is 30.0. The number of nitrogen functional groups attached to an aromatic ring is 1. The van der Waals surface area contributed by atoms with Crippen LogP contribution in [-0.2, 0) is 10.0 Å². The molecule has 2 unspecified atom stereocenters. The topological polar surface area (TPSA) is 128 Å². The Morgan fingerprint density at radius 2 is 1.86 bits per heavy atom. The number of sulfonamides is 1. The van der Waals surface area contributed by atoms with Crippen molar-refractivity contribution < 1.29 is 25.2 Å². The van der Waals surface area contributed by atoms with Gasteiger partial charge in [-0.05, 0) is 61.2 Å². The Hall–Kier alpha value is -4.51. The van der Waals surface area contributed by atoms with E-state index in [4.69, 9.17) is 15.5 Å². The van der Waals surface area contributed by atoms with Gasteiger partial charge in [0.15, 0.2) is 5.03 Å². The molecule has 0 spiro atoms. The summed E-state index contributed by atoms with van der Waals surface area (Å²) >= 11 is 0. The summed E-state index contributed by atoms with van der Waals surface area (Å²) in [6.07, 6.45) is 0.802. The van der Waals surface area contributed by atoms with Crippen molar-refractivity contribution in [2.75, 3.05) is 23.8 Å². The number of nitrogens with two attached hydrogens (primary N) is 1. The number of anilines is 2. The largest absolute Gasteiger partial charge is 0.493 e.